The fourth-order valence-corrected chi connectivity index (χ4v) is 3.12. The van der Waals surface area contributed by atoms with Gasteiger partial charge in [-0.25, -0.2) is 0 Å². The molecule has 2 aromatic carbocycles. The molecule has 3 rings (SSSR count). The van der Waals surface area contributed by atoms with Gasteiger partial charge in [0.25, 0.3) is 0 Å². The monoisotopic (exact) mass is 342 g/mol. The molecule has 1 aliphatic rings. The van der Waals surface area contributed by atoms with Crippen LogP contribution in [0, 0.1) is 13.8 Å². The summed E-state index contributed by atoms with van der Waals surface area (Å²) in [7, 11) is 0. The summed E-state index contributed by atoms with van der Waals surface area (Å²) in [5.74, 6) is 1.59. The minimum Gasteiger partial charge on any atom is -0.486 e. The van der Waals surface area contributed by atoms with Crippen LogP contribution in [0.4, 0.5) is 5.69 Å². The lowest BCUT2D eigenvalue weighted by Crippen LogP contribution is -2.31. The van der Waals surface area contributed by atoms with E-state index in [4.69, 9.17) is 21.7 Å². The maximum atomic E-state index is 5.64. The van der Waals surface area contributed by atoms with Gasteiger partial charge in [0.2, 0.25) is 0 Å². The van der Waals surface area contributed by atoms with Crippen LogP contribution >= 0.6 is 12.2 Å². The molecule has 4 nitrogen and oxygen atoms in total. The number of hydrogen-bond acceptors (Lipinski definition) is 3. The molecule has 2 N–H and O–H groups in total. The first kappa shape index (κ1) is 16.6. The minimum absolute atomic E-state index is 0.0618. The van der Waals surface area contributed by atoms with Crippen molar-refractivity contribution in [3.8, 4) is 11.5 Å². The summed E-state index contributed by atoms with van der Waals surface area (Å²) in [6.07, 6.45) is 0. The van der Waals surface area contributed by atoms with Crippen LogP contribution in [0.15, 0.2) is 36.4 Å². The Labute approximate surface area is 148 Å². The van der Waals surface area contributed by atoms with Gasteiger partial charge in [-0.05, 0) is 73.9 Å². The zero-order valence-electron chi connectivity index (χ0n) is 14.2. The van der Waals surface area contributed by atoms with E-state index in [0.29, 0.717) is 18.3 Å². The van der Waals surface area contributed by atoms with Crippen molar-refractivity contribution in [1.82, 2.24) is 5.32 Å². The predicted octanol–water partition coefficient (Wildman–Crippen LogP) is 4.12. The number of ether oxygens (including phenoxy) is 2. The normalized spacial score (nSPS) is 14.0. The molecule has 1 atom stereocenters. The molecular weight excluding hydrogens is 320 g/mol. The van der Waals surface area contributed by atoms with E-state index >= 15 is 0 Å². The highest BCUT2D eigenvalue weighted by Crippen LogP contribution is 2.32. The van der Waals surface area contributed by atoms with Gasteiger partial charge in [0.15, 0.2) is 16.6 Å². The SMILES string of the molecule is Cc1cc(C)cc(NC(=S)N[C@@H](C)c2ccc3c(c2)OCCO3)c1. The summed E-state index contributed by atoms with van der Waals surface area (Å²) in [4.78, 5) is 0. The van der Waals surface area contributed by atoms with Crippen LogP contribution in [0.2, 0.25) is 0 Å². The molecule has 2 aromatic rings. The highest BCUT2D eigenvalue weighted by atomic mass is 32.1. The Bertz CT molecular complexity index is 741. The molecule has 0 aliphatic carbocycles. The van der Waals surface area contributed by atoms with E-state index in [1.54, 1.807) is 0 Å². The number of aryl methyl sites for hydroxylation is 2. The average Bonchev–Trinajstić information content (AvgIpc) is 2.53. The van der Waals surface area contributed by atoms with Crippen molar-refractivity contribution in [2.75, 3.05) is 18.5 Å². The third-order valence-corrected chi connectivity index (χ3v) is 4.11. The van der Waals surface area contributed by atoms with Crippen molar-refractivity contribution in [3.63, 3.8) is 0 Å². The van der Waals surface area contributed by atoms with Gasteiger partial charge in [-0.3, -0.25) is 0 Å². The molecule has 0 radical (unpaired) electrons. The standard InChI is InChI=1S/C19H22N2O2S/c1-12-8-13(2)10-16(9-12)21-19(24)20-14(3)15-4-5-17-18(11-15)23-7-6-22-17/h4-5,8-11,14H,6-7H2,1-3H3,(H2,20,21,24)/t14-/m0/s1. The molecule has 24 heavy (non-hydrogen) atoms. The van der Waals surface area contributed by atoms with E-state index in [-0.39, 0.29) is 6.04 Å². The highest BCUT2D eigenvalue weighted by Gasteiger charge is 2.15. The van der Waals surface area contributed by atoms with Crippen LogP contribution in [0.3, 0.4) is 0 Å². The second-order valence-corrected chi connectivity index (χ2v) is 6.51. The minimum atomic E-state index is 0.0618. The number of nitrogens with one attached hydrogen (secondary N) is 2. The highest BCUT2D eigenvalue weighted by molar-refractivity contribution is 7.80. The van der Waals surface area contributed by atoms with E-state index in [1.807, 2.05) is 18.2 Å². The molecule has 0 fully saturated rings. The summed E-state index contributed by atoms with van der Waals surface area (Å²) in [5.41, 5.74) is 4.52. The molecule has 0 saturated heterocycles. The van der Waals surface area contributed by atoms with E-state index in [1.165, 1.54) is 11.1 Å². The first-order valence-corrected chi connectivity index (χ1v) is 8.47. The van der Waals surface area contributed by atoms with Gasteiger partial charge in [-0.15, -0.1) is 0 Å². The smallest absolute Gasteiger partial charge is 0.171 e. The second-order valence-electron chi connectivity index (χ2n) is 6.10. The third kappa shape index (κ3) is 3.97. The number of rotatable bonds is 3. The lowest BCUT2D eigenvalue weighted by Gasteiger charge is -2.22. The summed E-state index contributed by atoms with van der Waals surface area (Å²) < 4.78 is 11.2. The topological polar surface area (TPSA) is 42.5 Å². The van der Waals surface area contributed by atoms with Gasteiger partial charge in [0.1, 0.15) is 13.2 Å². The Hall–Kier alpha value is -2.27. The lowest BCUT2D eigenvalue weighted by atomic mass is 10.1. The van der Waals surface area contributed by atoms with Crippen molar-refractivity contribution < 1.29 is 9.47 Å². The van der Waals surface area contributed by atoms with Crippen LogP contribution in [0.5, 0.6) is 11.5 Å². The molecule has 0 unspecified atom stereocenters. The summed E-state index contributed by atoms with van der Waals surface area (Å²) >= 11 is 5.44. The van der Waals surface area contributed by atoms with Crippen LogP contribution in [-0.4, -0.2) is 18.3 Å². The Morgan fingerprint density at radius 2 is 1.67 bits per heavy atom. The van der Waals surface area contributed by atoms with Crippen molar-refractivity contribution >= 4 is 23.0 Å². The molecule has 1 aliphatic heterocycles. The summed E-state index contributed by atoms with van der Waals surface area (Å²) in [6.45, 7) is 7.41. The van der Waals surface area contributed by atoms with Gasteiger partial charge in [-0.2, -0.15) is 0 Å². The molecule has 0 bridgehead atoms. The van der Waals surface area contributed by atoms with Gasteiger partial charge >= 0.3 is 0 Å². The first-order chi connectivity index (χ1) is 11.5. The first-order valence-electron chi connectivity index (χ1n) is 8.06. The zero-order valence-corrected chi connectivity index (χ0v) is 15.0. The van der Waals surface area contributed by atoms with Crippen LogP contribution in [0.25, 0.3) is 0 Å². The number of anilines is 1. The molecule has 1 heterocycles. The van der Waals surface area contributed by atoms with Gasteiger partial charge in [-0.1, -0.05) is 12.1 Å². The van der Waals surface area contributed by atoms with E-state index in [2.05, 4.69) is 49.6 Å². The quantitative estimate of drug-likeness (QED) is 0.821. The average molecular weight is 342 g/mol. The Balaban J connectivity index is 1.65. The fraction of sp³-hybridized carbons (Fsp3) is 0.316. The molecule has 0 amide bonds. The molecule has 126 valence electrons. The molecule has 0 saturated carbocycles. The van der Waals surface area contributed by atoms with Gasteiger partial charge in [0, 0.05) is 5.69 Å². The van der Waals surface area contributed by atoms with Crippen molar-refractivity contribution in [1.29, 1.82) is 0 Å². The maximum absolute atomic E-state index is 5.64. The second kappa shape index (κ2) is 7.09. The number of benzene rings is 2. The third-order valence-electron chi connectivity index (χ3n) is 3.89. The van der Waals surface area contributed by atoms with Crippen molar-refractivity contribution in [3.05, 3.63) is 53.1 Å². The molecule has 0 aromatic heterocycles. The number of hydrogen-bond donors (Lipinski definition) is 2. The Morgan fingerprint density at radius 1 is 1.00 bits per heavy atom. The van der Waals surface area contributed by atoms with Crippen molar-refractivity contribution in [2.24, 2.45) is 0 Å². The van der Waals surface area contributed by atoms with E-state index in [9.17, 15) is 0 Å². The van der Waals surface area contributed by atoms with Gasteiger partial charge in [0.05, 0.1) is 6.04 Å². The Kier molecular flexibility index (Phi) is 4.90. The fourth-order valence-electron chi connectivity index (χ4n) is 2.82. The van der Waals surface area contributed by atoms with Crippen LogP contribution < -0.4 is 20.1 Å². The van der Waals surface area contributed by atoms with Crippen LogP contribution in [-0.2, 0) is 0 Å². The molecular formula is C19H22N2O2S. The largest absolute Gasteiger partial charge is 0.486 e. The zero-order chi connectivity index (χ0) is 17.1. The number of fused-ring (bicyclic) bond motifs is 1. The summed E-state index contributed by atoms with van der Waals surface area (Å²) in [5, 5.41) is 7.16. The maximum Gasteiger partial charge on any atom is 0.171 e. The van der Waals surface area contributed by atoms with E-state index in [0.717, 1.165) is 22.7 Å². The lowest BCUT2D eigenvalue weighted by molar-refractivity contribution is 0.171. The number of thiocarbonyl (C=S) groups is 1. The van der Waals surface area contributed by atoms with Crippen molar-refractivity contribution in [2.45, 2.75) is 26.8 Å². The predicted molar refractivity (Wildman–Crippen MR) is 101 cm³/mol. The molecule has 0 spiro atoms. The summed E-state index contributed by atoms with van der Waals surface area (Å²) in [6, 6.07) is 12.3. The van der Waals surface area contributed by atoms with Crippen LogP contribution in [0.1, 0.15) is 29.7 Å². The molecule has 5 heteroatoms. The Morgan fingerprint density at radius 3 is 2.38 bits per heavy atom. The van der Waals surface area contributed by atoms with E-state index < -0.39 is 0 Å². The van der Waals surface area contributed by atoms with Gasteiger partial charge < -0.3 is 20.1 Å².